The Morgan fingerprint density at radius 1 is 1.33 bits per heavy atom. The number of nitroso groups, excluding NO2 is 1. The summed E-state index contributed by atoms with van der Waals surface area (Å²) in [6, 6.07) is 7.30. The minimum atomic E-state index is 0.0241. The lowest BCUT2D eigenvalue weighted by Gasteiger charge is -2.02. The van der Waals surface area contributed by atoms with Crippen molar-refractivity contribution < 1.29 is 4.76 Å². The van der Waals surface area contributed by atoms with Gasteiger partial charge in [-0.1, -0.05) is 12.1 Å². The van der Waals surface area contributed by atoms with Gasteiger partial charge in [0, 0.05) is 27.8 Å². The van der Waals surface area contributed by atoms with Gasteiger partial charge in [0.25, 0.3) is 5.69 Å². The first kappa shape index (κ1) is 8.87. The highest BCUT2D eigenvalue weighted by Gasteiger charge is 2.06. The van der Waals surface area contributed by atoms with Crippen LogP contribution in [0.15, 0.2) is 24.3 Å². The Balaban J connectivity index is 2.93. The van der Waals surface area contributed by atoms with Crippen molar-refractivity contribution in [3.05, 3.63) is 34.7 Å². The van der Waals surface area contributed by atoms with Crippen LogP contribution in [-0.2, 0) is 0 Å². The molecule has 0 saturated carbocycles. The van der Waals surface area contributed by atoms with Gasteiger partial charge in [0.1, 0.15) is 0 Å². The number of hydrogen-bond acceptors (Lipinski definition) is 2. The number of hydrogen-bond donors (Lipinski definition) is 1. The smallest absolute Gasteiger partial charge is 0.255 e. The van der Waals surface area contributed by atoms with E-state index >= 15 is 0 Å². The molecule has 12 heavy (non-hydrogen) atoms. The van der Waals surface area contributed by atoms with Crippen molar-refractivity contribution in [2.45, 2.75) is 13.0 Å². The lowest BCUT2D eigenvalue weighted by molar-refractivity contribution is -0.428. The van der Waals surface area contributed by atoms with Gasteiger partial charge in [-0.05, 0) is 12.5 Å². The molecule has 0 heterocycles. The van der Waals surface area contributed by atoms with Crippen LogP contribution in [0.5, 0.6) is 0 Å². The van der Waals surface area contributed by atoms with Gasteiger partial charge in [-0.2, -0.15) is 0 Å². The molecule has 3 nitrogen and oxygen atoms in total. The minimum absolute atomic E-state index is 0.0241. The molecule has 0 radical (unpaired) electrons. The molecule has 64 valence electrons. The Labute approximate surface area is 71.8 Å². The van der Waals surface area contributed by atoms with Gasteiger partial charge in [0.15, 0.2) is 7.05 Å². The van der Waals surface area contributed by atoms with E-state index in [9.17, 15) is 4.91 Å². The summed E-state index contributed by atoms with van der Waals surface area (Å²) in [6.45, 7) is 1.91. The van der Waals surface area contributed by atoms with Gasteiger partial charge in [0.05, 0.1) is 0 Å². The average molecular weight is 165 g/mol. The largest absolute Gasteiger partial charge is 0.324 e. The molecule has 0 aliphatic heterocycles. The Bertz CT molecular complexity index is 277. The van der Waals surface area contributed by atoms with E-state index in [0.29, 0.717) is 5.69 Å². The molecule has 0 spiro atoms. The highest BCUT2D eigenvalue weighted by atomic mass is 16.3. The fraction of sp³-hybridized carbons (Fsp3) is 0.333. The van der Waals surface area contributed by atoms with Crippen LogP contribution >= 0.6 is 0 Å². The molecule has 0 amide bonds. The van der Waals surface area contributed by atoms with Crippen LogP contribution in [0.3, 0.4) is 0 Å². The third-order valence-corrected chi connectivity index (χ3v) is 1.78. The minimum Gasteiger partial charge on any atom is -0.324 e. The maximum atomic E-state index is 10.8. The van der Waals surface area contributed by atoms with E-state index < -0.39 is 0 Å². The van der Waals surface area contributed by atoms with Gasteiger partial charge in [0.2, 0.25) is 0 Å². The second-order valence-corrected chi connectivity index (χ2v) is 2.88. The first-order chi connectivity index (χ1) is 5.61. The van der Waals surface area contributed by atoms with Crippen molar-refractivity contribution in [2.24, 2.45) is 5.73 Å². The zero-order valence-electron chi connectivity index (χ0n) is 7.32. The van der Waals surface area contributed by atoms with Crippen molar-refractivity contribution >= 4 is 5.69 Å². The van der Waals surface area contributed by atoms with Crippen LogP contribution in [0.25, 0.3) is 0 Å². The highest BCUT2D eigenvalue weighted by Crippen LogP contribution is 2.14. The Morgan fingerprint density at radius 3 is 2.17 bits per heavy atom. The summed E-state index contributed by atoms with van der Waals surface area (Å²) >= 11 is 0. The normalized spacial score (nSPS) is 12.6. The van der Waals surface area contributed by atoms with Crippen LogP contribution in [0, 0.1) is 4.91 Å². The van der Waals surface area contributed by atoms with E-state index in [4.69, 9.17) is 5.73 Å². The Hall–Kier alpha value is -1.22. The number of rotatable bonds is 2. The molecule has 0 bridgehead atoms. The zero-order chi connectivity index (χ0) is 9.14. The highest BCUT2D eigenvalue weighted by molar-refractivity contribution is 5.33. The zero-order valence-corrected chi connectivity index (χ0v) is 7.32. The molecule has 0 aliphatic rings. The first-order valence-electron chi connectivity index (χ1n) is 3.87. The summed E-state index contributed by atoms with van der Waals surface area (Å²) in [5, 5.41) is 0. The van der Waals surface area contributed by atoms with Crippen LogP contribution in [-0.4, -0.2) is 11.8 Å². The third-order valence-electron chi connectivity index (χ3n) is 1.78. The summed E-state index contributed by atoms with van der Waals surface area (Å²) in [6.07, 6.45) is 0. The van der Waals surface area contributed by atoms with Crippen molar-refractivity contribution in [2.75, 3.05) is 7.05 Å². The molecule has 1 aromatic rings. The standard InChI is InChI=1S/C9H13N2O/c1-7(10)8-3-5-9(6-4-8)11(2)12/h3-7H,10H2,1-2H3/q+1/t7-/m1/s1. The quantitative estimate of drug-likeness (QED) is 0.678. The van der Waals surface area contributed by atoms with E-state index in [-0.39, 0.29) is 6.04 Å². The predicted octanol–water partition coefficient (Wildman–Crippen LogP) is 1.75. The molecule has 1 rings (SSSR count). The van der Waals surface area contributed by atoms with E-state index in [1.54, 1.807) is 12.1 Å². The predicted molar refractivity (Wildman–Crippen MR) is 48.3 cm³/mol. The molecule has 0 aliphatic carbocycles. The van der Waals surface area contributed by atoms with E-state index in [0.717, 1.165) is 10.3 Å². The van der Waals surface area contributed by atoms with Crippen molar-refractivity contribution in [1.82, 2.24) is 0 Å². The molecular weight excluding hydrogens is 152 g/mol. The van der Waals surface area contributed by atoms with Crippen LogP contribution in [0.4, 0.5) is 5.69 Å². The van der Waals surface area contributed by atoms with Crippen LogP contribution < -0.4 is 5.73 Å². The number of nitrogens with zero attached hydrogens (tertiary/aromatic N) is 1. The maximum Gasteiger partial charge on any atom is 0.255 e. The van der Waals surface area contributed by atoms with E-state index in [1.165, 1.54) is 7.05 Å². The van der Waals surface area contributed by atoms with Gasteiger partial charge in [-0.25, -0.2) is 0 Å². The third kappa shape index (κ3) is 1.89. The molecule has 2 N–H and O–H groups in total. The van der Waals surface area contributed by atoms with Crippen LogP contribution in [0.1, 0.15) is 18.5 Å². The molecule has 1 aromatic carbocycles. The van der Waals surface area contributed by atoms with E-state index in [1.807, 2.05) is 19.1 Å². The Morgan fingerprint density at radius 2 is 1.83 bits per heavy atom. The molecule has 0 unspecified atom stereocenters. The number of nitrogens with two attached hydrogens (primary N) is 1. The summed E-state index contributed by atoms with van der Waals surface area (Å²) in [5.74, 6) is 0. The number of benzene rings is 1. The maximum absolute atomic E-state index is 10.8. The van der Waals surface area contributed by atoms with Crippen molar-refractivity contribution in [3.8, 4) is 0 Å². The van der Waals surface area contributed by atoms with Crippen molar-refractivity contribution in [1.29, 1.82) is 0 Å². The molecular formula is C9H13N2O+. The molecule has 3 heteroatoms. The van der Waals surface area contributed by atoms with Crippen LogP contribution in [0.2, 0.25) is 0 Å². The average Bonchev–Trinajstić information content (AvgIpc) is 2.04. The monoisotopic (exact) mass is 165 g/mol. The van der Waals surface area contributed by atoms with Crippen molar-refractivity contribution in [3.63, 3.8) is 0 Å². The van der Waals surface area contributed by atoms with Gasteiger partial charge < -0.3 is 5.73 Å². The van der Waals surface area contributed by atoms with Gasteiger partial charge in [-0.15, -0.1) is 0 Å². The fourth-order valence-electron chi connectivity index (χ4n) is 0.988. The van der Waals surface area contributed by atoms with E-state index in [2.05, 4.69) is 0 Å². The summed E-state index contributed by atoms with van der Waals surface area (Å²) in [4.78, 5) is 10.8. The van der Waals surface area contributed by atoms with Gasteiger partial charge in [-0.3, -0.25) is 0 Å². The summed E-state index contributed by atoms with van der Waals surface area (Å²) < 4.78 is 0.824. The summed E-state index contributed by atoms with van der Waals surface area (Å²) in [5.41, 5.74) is 7.34. The Kier molecular flexibility index (Phi) is 2.55. The topological polar surface area (TPSA) is 46.1 Å². The molecule has 1 atom stereocenters. The lowest BCUT2D eigenvalue weighted by atomic mass is 10.1. The molecule has 0 fully saturated rings. The SMILES string of the molecule is C[C@@H](N)c1ccc([N+](C)=O)cc1. The molecule has 0 saturated heterocycles. The second kappa shape index (κ2) is 3.45. The summed E-state index contributed by atoms with van der Waals surface area (Å²) in [7, 11) is 1.47. The first-order valence-corrected chi connectivity index (χ1v) is 3.87. The van der Waals surface area contributed by atoms with Gasteiger partial charge >= 0.3 is 0 Å². The second-order valence-electron chi connectivity index (χ2n) is 2.88. The fourth-order valence-corrected chi connectivity index (χ4v) is 0.988. The lowest BCUT2D eigenvalue weighted by Crippen LogP contribution is -2.04. The molecule has 0 aromatic heterocycles.